The molecule has 3 aliphatic carbocycles. The monoisotopic (exact) mass is 634 g/mol. The summed E-state index contributed by atoms with van der Waals surface area (Å²) in [7, 11) is 0. The fourth-order valence-electron chi connectivity index (χ4n) is 8.98. The first kappa shape index (κ1) is 30.0. The van der Waals surface area contributed by atoms with Crippen LogP contribution < -0.4 is 0 Å². The van der Waals surface area contributed by atoms with Gasteiger partial charge in [0.1, 0.15) is 0 Å². The first-order chi connectivity index (χ1) is 24.2. The van der Waals surface area contributed by atoms with Crippen molar-refractivity contribution in [1.82, 2.24) is 0 Å². The lowest BCUT2D eigenvalue weighted by Crippen LogP contribution is -2.24. The van der Waals surface area contributed by atoms with E-state index in [1.807, 2.05) is 0 Å². The van der Waals surface area contributed by atoms with Crippen LogP contribution in [-0.4, -0.2) is 11.4 Å². The third-order valence-corrected chi connectivity index (χ3v) is 11.5. The van der Waals surface area contributed by atoms with Crippen molar-refractivity contribution >= 4 is 49.8 Å². The van der Waals surface area contributed by atoms with Gasteiger partial charge in [0.15, 0.2) is 0 Å². The van der Waals surface area contributed by atoms with E-state index < -0.39 is 0 Å². The highest BCUT2D eigenvalue weighted by molar-refractivity contribution is 6.16. The molecule has 4 aromatic rings. The Morgan fingerprint density at radius 3 is 1.96 bits per heavy atom. The molecule has 2 heteroatoms. The minimum absolute atomic E-state index is 0.234. The Hall–Kier alpha value is -5.08. The Labute approximate surface area is 290 Å². The molecule has 0 saturated carbocycles. The molecule has 2 atom stereocenters. The number of hydrogen-bond donors (Lipinski definition) is 0. The van der Waals surface area contributed by atoms with E-state index in [1.54, 1.807) is 0 Å². The molecule has 2 nitrogen and oxygen atoms in total. The zero-order valence-corrected chi connectivity index (χ0v) is 28.5. The van der Waals surface area contributed by atoms with Crippen LogP contribution in [0.15, 0.2) is 154 Å². The van der Waals surface area contributed by atoms with Gasteiger partial charge < -0.3 is 0 Å². The van der Waals surface area contributed by atoms with Gasteiger partial charge >= 0.3 is 0 Å². The summed E-state index contributed by atoms with van der Waals surface area (Å²) in [6.45, 7) is 4.58. The number of rotatable bonds is 3. The van der Waals surface area contributed by atoms with E-state index in [0.717, 1.165) is 50.6 Å². The average molecular weight is 635 g/mol. The number of allylic oxidation sites excluding steroid dienone is 13. The van der Waals surface area contributed by atoms with Gasteiger partial charge in [-0.3, -0.25) is 9.98 Å². The zero-order chi connectivity index (χ0) is 32.9. The summed E-state index contributed by atoms with van der Waals surface area (Å²) in [6.07, 6.45) is 25.8. The van der Waals surface area contributed by atoms with E-state index >= 15 is 0 Å². The van der Waals surface area contributed by atoms with Gasteiger partial charge in [-0.15, -0.1) is 0 Å². The van der Waals surface area contributed by atoms with Crippen molar-refractivity contribution in [3.8, 4) is 0 Å². The second-order valence-corrected chi connectivity index (χ2v) is 14.2. The highest BCUT2D eigenvalue weighted by Crippen LogP contribution is 2.46. The van der Waals surface area contributed by atoms with Crippen molar-refractivity contribution in [3.05, 3.63) is 161 Å². The van der Waals surface area contributed by atoms with E-state index in [1.165, 1.54) is 83.1 Å². The molecule has 0 amide bonds. The largest absolute Gasteiger partial charge is 0.261 e. The van der Waals surface area contributed by atoms with Gasteiger partial charge in [-0.2, -0.15) is 0 Å². The average Bonchev–Trinajstić information content (AvgIpc) is 3.20. The van der Waals surface area contributed by atoms with E-state index in [-0.39, 0.29) is 5.92 Å². The molecule has 0 spiro atoms. The van der Waals surface area contributed by atoms with E-state index in [4.69, 9.17) is 9.98 Å². The predicted molar refractivity (Wildman–Crippen MR) is 210 cm³/mol. The van der Waals surface area contributed by atoms with Crippen molar-refractivity contribution < 1.29 is 0 Å². The minimum atomic E-state index is 0.234. The summed E-state index contributed by atoms with van der Waals surface area (Å²) < 4.78 is 0. The summed E-state index contributed by atoms with van der Waals surface area (Å²) in [4.78, 5) is 10.5. The minimum Gasteiger partial charge on any atom is -0.261 e. The molecule has 49 heavy (non-hydrogen) atoms. The fraction of sp³-hybridized carbons (Fsp3) is 0.234. The third kappa shape index (κ3) is 5.17. The molecule has 240 valence electrons. The normalized spacial score (nSPS) is 22.0. The number of nitrogens with zero attached hydrogens (tertiary/aromatic N) is 2. The molecular formula is C47H42N2. The SMILES string of the molecule is CC1=Nc2ccccc2C(C)C2=C(CCC=C2)C2=CN=C(C3=CC=C(c4c5ccccc5c(C5=CC=CCC5)c5ccccc45)CC3)CC21. The lowest BCUT2D eigenvalue weighted by atomic mass is 9.75. The number of fused-ring (bicyclic) bond motifs is 5. The van der Waals surface area contributed by atoms with E-state index in [2.05, 4.69) is 135 Å². The Morgan fingerprint density at radius 2 is 1.29 bits per heavy atom. The van der Waals surface area contributed by atoms with E-state index in [9.17, 15) is 0 Å². The van der Waals surface area contributed by atoms with Crippen LogP contribution in [0, 0.1) is 5.92 Å². The van der Waals surface area contributed by atoms with Gasteiger partial charge in [0, 0.05) is 35.9 Å². The van der Waals surface area contributed by atoms with E-state index in [0.29, 0.717) is 5.92 Å². The lowest BCUT2D eigenvalue weighted by molar-refractivity contribution is 0.776. The van der Waals surface area contributed by atoms with Crippen LogP contribution in [-0.2, 0) is 0 Å². The smallest absolute Gasteiger partial charge is 0.0667 e. The molecule has 0 bridgehead atoms. The van der Waals surface area contributed by atoms with Crippen LogP contribution in [0.5, 0.6) is 0 Å². The molecular weight excluding hydrogens is 593 g/mol. The van der Waals surface area contributed by atoms with Crippen LogP contribution in [0.1, 0.15) is 81.4 Å². The van der Waals surface area contributed by atoms with Crippen molar-refractivity contribution in [3.63, 3.8) is 0 Å². The second-order valence-electron chi connectivity index (χ2n) is 14.2. The summed E-state index contributed by atoms with van der Waals surface area (Å²) in [5, 5.41) is 5.43. The van der Waals surface area contributed by atoms with Crippen molar-refractivity contribution in [2.24, 2.45) is 15.9 Å². The first-order valence-electron chi connectivity index (χ1n) is 18.2. The standard InChI is InChI=1S/C47H42N2/c1-30-35-16-6-7-18-37(35)43-29-48-45(28-42(43)31(2)49-44-23-13-12-17-36(30)44)32-24-26-34(27-25-32)47-40-21-10-8-19-38(40)46(33-14-4-3-5-15-33)39-20-9-11-22-41(39)47/h3-4,6,8-14,16-17,19-24,26,29-30,42H,5,7,15,18,25,27-28H2,1-2H3. The Bertz CT molecular complexity index is 2270. The Balaban J connectivity index is 1.13. The molecule has 5 aliphatic rings. The van der Waals surface area contributed by atoms with Gasteiger partial charge in [0.25, 0.3) is 0 Å². The molecule has 2 unspecified atom stereocenters. The highest BCUT2D eigenvalue weighted by Gasteiger charge is 2.32. The maximum atomic E-state index is 5.31. The molecule has 0 saturated heterocycles. The fourth-order valence-corrected chi connectivity index (χ4v) is 8.98. The quantitative estimate of drug-likeness (QED) is 0.200. The topological polar surface area (TPSA) is 24.7 Å². The third-order valence-electron chi connectivity index (χ3n) is 11.5. The van der Waals surface area contributed by atoms with Gasteiger partial charge in [-0.25, -0.2) is 0 Å². The number of para-hydroxylation sites is 1. The second kappa shape index (κ2) is 12.4. The maximum absolute atomic E-state index is 5.31. The van der Waals surface area contributed by atoms with Crippen LogP contribution in [0.2, 0.25) is 0 Å². The lowest BCUT2D eigenvalue weighted by Gasteiger charge is -2.30. The van der Waals surface area contributed by atoms with Crippen molar-refractivity contribution in [2.75, 3.05) is 0 Å². The van der Waals surface area contributed by atoms with Gasteiger partial charge in [0.2, 0.25) is 0 Å². The summed E-state index contributed by atoms with van der Waals surface area (Å²) >= 11 is 0. The molecule has 0 N–H and O–H groups in total. The summed E-state index contributed by atoms with van der Waals surface area (Å²) in [5.74, 6) is 0.532. The van der Waals surface area contributed by atoms with Crippen molar-refractivity contribution in [1.29, 1.82) is 0 Å². The molecule has 0 fully saturated rings. The number of aliphatic imine (C=N–C) groups is 2. The molecule has 2 heterocycles. The number of hydrogen-bond acceptors (Lipinski definition) is 2. The number of benzene rings is 4. The first-order valence-corrected chi connectivity index (χ1v) is 18.2. The van der Waals surface area contributed by atoms with Gasteiger partial charge in [-0.05, 0) is 123 Å². The maximum Gasteiger partial charge on any atom is 0.0667 e. The summed E-state index contributed by atoms with van der Waals surface area (Å²) in [5.41, 5.74) is 16.1. The van der Waals surface area contributed by atoms with Gasteiger partial charge in [0.05, 0.1) is 5.69 Å². The predicted octanol–water partition coefficient (Wildman–Crippen LogP) is 12.7. The molecule has 2 aliphatic heterocycles. The molecule has 0 aromatic heterocycles. The van der Waals surface area contributed by atoms with Crippen LogP contribution >= 0.6 is 0 Å². The van der Waals surface area contributed by atoms with Crippen LogP contribution in [0.25, 0.3) is 32.7 Å². The molecule has 9 rings (SSSR count). The van der Waals surface area contributed by atoms with Crippen LogP contribution in [0.4, 0.5) is 5.69 Å². The zero-order valence-electron chi connectivity index (χ0n) is 28.5. The Kier molecular flexibility index (Phi) is 7.61. The highest BCUT2D eigenvalue weighted by atomic mass is 14.8. The summed E-state index contributed by atoms with van der Waals surface area (Å²) in [6, 6.07) is 26.8. The van der Waals surface area contributed by atoms with Crippen molar-refractivity contribution in [2.45, 2.75) is 64.7 Å². The van der Waals surface area contributed by atoms with Crippen LogP contribution in [0.3, 0.4) is 0 Å². The molecule has 0 radical (unpaired) electrons. The Morgan fingerprint density at radius 1 is 0.653 bits per heavy atom. The van der Waals surface area contributed by atoms with Gasteiger partial charge in [-0.1, -0.05) is 116 Å². The molecule has 4 aromatic carbocycles.